The molecule has 3 radical (unpaired) electrons. The summed E-state index contributed by atoms with van der Waals surface area (Å²) in [5.41, 5.74) is 2.65. The molecular formula is C9H8NOSi. The molecule has 1 aromatic rings. The van der Waals surface area contributed by atoms with Crippen molar-refractivity contribution in [2.75, 3.05) is 0 Å². The summed E-state index contributed by atoms with van der Waals surface area (Å²) in [6, 6.07) is 5.79. The van der Waals surface area contributed by atoms with E-state index in [-0.39, 0.29) is 0 Å². The van der Waals surface area contributed by atoms with E-state index in [1.807, 2.05) is 19.9 Å². The zero-order chi connectivity index (χ0) is 9.14. The van der Waals surface area contributed by atoms with Crippen molar-refractivity contribution in [1.82, 2.24) is 0 Å². The standard InChI is InChI=1S/C9H8NOSi/c1-6-3-4-9(11-12)8(5-10)7(6)2/h3-4H,1-2H3. The summed E-state index contributed by atoms with van der Waals surface area (Å²) >= 11 is 0. The van der Waals surface area contributed by atoms with Crippen molar-refractivity contribution >= 4 is 10.5 Å². The van der Waals surface area contributed by atoms with Gasteiger partial charge >= 0.3 is 10.5 Å². The van der Waals surface area contributed by atoms with Gasteiger partial charge in [-0.2, -0.15) is 5.26 Å². The lowest BCUT2D eigenvalue weighted by molar-refractivity contribution is 0.612. The summed E-state index contributed by atoms with van der Waals surface area (Å²) in [4.78, 5) is 0. The Morgan fingerprint density at radius 3 is 2.58 bits per heavy atom. The van der Waals surface area contributed by atoms with E-state index in [4.69, 9.17) is 9.69 Å². The van der Waals surface area contributed by atoms with Crippen molar-refractivity contribution in [3.63, 3.8) is 0 Å². The molecule has 0 bridgehead atoms. The highest BCUT2D eigenvalue weighted by Crippen LogP contribution is 2.22. The molecule has 0 saturated heterocycles. The molecule has 0 amide bonds. The van der Waals surface area contributed by atoms with Crippen LogP contribution in [0.25, 0.3) is 0 Å². The largest absolute Gasteiger partial charge is 0.540 e. The third-order valence-corrected chi connectivity index (χ3v) is 2.14. The third kappa shape index (κ3) is 1.34. The molecule has 0 fully saturated rings. The Morgan fingerprint density at radius 1 is 1.42 bits per heavy atom. The van der Waals surface area contributed by atoms with Crippen LogP contribution in [-0.4, -0.2) is 10.5 Å². The van der Waals surface area contributed by atoms with Crippen molar-refractivity contribution in [1.29, 1.82) is 5.26 Å². The molecule has 1 rings (SSSR count). The van der Waals surface area contributed by atoms with Crippen LogP contribution in [0.3, 0.4) is 0 Å². The van der Waals surface area contributed by atoms with Crippen LogP contribution in [0.1, 0.15) is 16.7 Å². The zero-order valence-corrected chi connectivity index (χ0v) is 8.01. The van der Waals surface area contributed by atoms with Gasteiger partial charge in [0.25, 0.3) is 0 Å². The van der Waals surface area contributed by atoms with E-state index < -0.39 is 0 Å². The first kappa shape index (κ1) is 8.82. The average Bonchev–Trinajstić information content (AvgIpc) is 2.09. The predicted octanol–water partition coefficient (Wildman–Crippen LogP) is 1.64. The van der Waals surface area contributed by atoms with Crippen molar-refractivity contribution in [3.05, 3.63) is 28.8 Å². The highest BCUT2D eigenvalue weighted by atomic mass is 28.2. The Hall–Kier alpha value is -1.27. The fraction of sp³-hybridized carbons (Fsp3) is 0.222. The van der Waals surface area contributed by atoms with Crippen molar-refractivity contribution < 1.29 is 4.43 Å². The van der Waals surface area contributed by atoms with Crippen LogP contribution >= 0.6 is 0 Å². The van der Waals surface area contributed by atoms with Crippen LogP contribution in [0.15, 0.2) is 12.1 Å². The minimum atomic E-state index is 0.567. The van der Waals surface area contributed by atoms with Crippen LogP contribution in [-0.2, 0) is 0 Å². The van der Waals surface area contributed by atoms with Gasteiger partial charge in [-0.3, -0.25) is 0 Å². The Morgan fingerprint density at radius 2 is 2.08 bits per heavy atom. The molecule has 0 atom stereocenters. The van der Waals surface area contributed by atoms with Gasteiger partial charge < -0.3 is 4.43 Å². The van der Waals surface area contributed by atoms with Gasteiger partial charge in [0.05, 0.1) is 5.56 Å². The number of benzene rings is 1. The number of aryl methyl sites for hydroxylation is 1. The second-order valence-electron chi connectivity index (χ2n) is 2.59. The fourth-order valence-electron chi connectivity index (χ4n) is 1.01. The molecule has 0 unspecified atom stereocenters. The second kappa shape index (κ2) is 3.42. The molecule has 0 aliphatic carbocycles. The number of hydrogen-bond acceptors (Lipinski definition) is 2. The van der Waals surface area contributed by atoms with E-state index in [9.17, 15) is 0 Å². The van der Waals surface area contributed by atoms with Gasteiger partial charge in [0.2, 0.25) is 0 Å². The molecule has 0 N–H and O–H groups in total. The summed E-state index contributed by atoms with van der Waals surface area (Å²) in [7, 11) is 2.90. The zero-order valence-electron chi connectivity index (χ0n) is 7.01. The maximum atomic E-state index is 8.80. The lowest BCUT2D eigenvalue weighted by atomic mass is 10.0. The normalized spacial score (nSPS) is 9.17. The van der Waals surface area contributed by atoms with E-state index in [2.05, 4.69) is 16.6 Å². The molecule has 0 aromatic heterocycles. The Bertz CT molecular complexity index is 341. The minimum Gasteiger partial charge on any atom is -0.540 e. The predicted molar refractivity (Wildman–Crippen MR) is 47.0 cm³/mol. The van der Waals surface area contributed by atoms with Crippen LogP contribution in [0.2, 0.25) is 0 Å². The van der Waals surface area contributed by atoms with Crippen molar-refractivity contribution in [2.45, 2.75) is 13.8 Å². The smallest absolute Gasteiger partial charge is 0.341 e. The van der Waals surface area contributed by atoms with Gasteiger partial charge in [-0.1, -0.05) is 6.07 Å². The van der Waals surface area contributed by atoms with Crippen LogP contribution in [0, 0.1) is 25.2 Å². The van der Waals surface area contributed by atoms with E-state index in [0.717, 1.165) is 11.1 Å². The Labute approximate surface area is 75.3 Å². The van der Waals surface area contributed by atoms with Crippen molar-refractivity contribution in [3.8, 4) is 11.8 Å². The van der Waals surface area contributed by atoms with Gasteiger partial charge in [-0.15, -0.1) is 0 Å². The highest BCUT2D eigenvalue weighted by Gasteiger charge is 2.06. The van der Waals surface area contributed by atoms with Gasteiger partial charge in [0, 0.05) is 0 Å². The third-order valence-electron chi connectivity index (χ3n) is 1.92. The van der Waals surface area contributed by atoms with E-state index in [0.29, 0.717) is 11.3 Å². The SMILES string of the molecule is Cc1ccc(O[Si])c(C#N)c1C. The number of hydrogen-bond donors (Lipinski definition) is 0. The maximum Gasteiger partial charge on any atom is 0.341 e. The number of nitrogens with zero attached hydrogens (tertiary/aromatic N) is 1. The first-order valence-electron chi connectivity index (χ1n) is 3.54. The Kier molecular flexibility index (Phi) is 2.51. The quantitative estimate of drug-likeness (QED) is 0.606. The van der Waals surface area contributed by atoms with E-state index >= 15 is 0 Å². The van der Waals surface area contributed by atoms with Crippen LogP contribution < -0.4 is 4.43 Å². The lowest BCUT2D eigenvalue weighted by Crippen LogP contribution is -1.94. The molecule has 0 heterocycles. The minimum absolute atomic E-state index is 0.567. The average molecular weight is 174 g/mol. The maximum absolute atomic E-state index is 8.80. The van der Waals surface area contributed by atoms with Crippen LogP contribution in [0.4, 0.5) is 0 Å². The van der Waals surface area contributed by atoms with E-state index in [1.54, 1.807) is 6.07 Å². The Balaban J connectivity index is 3.38. The van der Waals surface area contributed by atoms with E-state index in [1.165, 1.54) is 0 Å². The summed E-state index contributed by atoms with van der Waals surface area (Å²) in [5.74, 6) is 0.567. The molecule has 0 spiro atoms. The van der Waals surface area contributed by atoms with Gasteiger partial charge in [0.1, 0.15) is 11.8 Å². The first-order valence-corrected chi connectivity index (χ1v) is 3.95. The molecule has 3 heteroatoms. The molecule has 0 aliphatic heterocycles. The highest BCUT2D eigenvalue weighted by molar-refractivity contribution is 6.00. The molecule has 59 valence electrons. The summed E-state index contributed by atoms with van der Waals surface area (Å²) in [5, 5.41) is 8.80. The monoisotopic (exact) mass is 174 g/mol. The summed E-state index contributed by atoms with van der Waals surface area (Å²) < 4.78 is 4.86. The molecule has 0 saturated carbocycles. The second-order valence-corrected chi connectivity index (χ2v) is 2.80. The van der Waals surface area contributed by atoms with Crippen molar-refractivity contribution in [2.24, 2.45) is 0 Å². The van der Waals surface area contributed by atoms with Gasteiger partial charge in [-0.25, -0.2) is 0 Å². The topological polar surface area (TPSA) is 33.0 Å². The van der Waals surface area contributed by atoms with Crippen LogP contribution in [0.5, 0.6) is 5.75 Å². The fourth-order valence-corrected chi connectivity index (χ4v) is 1.19. The molecule has 1 aromatic carbocycles. The summed E-state index contributed by atoms with van der Waals surface area (Å²) in [6.07, 6.45) is 0. The lowest BCUT2D eigenvalue weighted by Gasteiger charge is -2.07. The number of nitriles is 1. The molecular weight excluding hydrogens is 166 g/mol. The first-order chi connectivity index (χ1) is 5.70. The van der Waals surface area contributed by atoms with Gasteiger partial charge in [-0.05, 0) is 31.0 Å². The summed E-state index contributed by atoms with van der Waals surface area (Å²) in [6.45, 7) is 3.87. The van der Waals surface area contributed by atoms with Gasteiger partial charge in [0.15, 0.2) is 0 Å². The molecule has 12 heavy (non-hydrogen) atoms. The number of rotatable bonds is 1. The molecule has 0 aliphatic rings. The molecule has 2 nitrogen and oxygen atoms in total.